The molecule has 6 nitrogen and oxygen atoms in total. The molecule has 1 rings (SSSR count). The molecule has 0 aliphatic carbocycles. The minimum atomic E-state index is -1.06. The van der Waals surface area contributed by atoms with Crippen molar-refractivity contribution in [2.75, 3.05) is 13.6 Å². The molecule has 0 aliphatic heterocycles. The van der Waals surface area contributed by atoms with Crippen molar-refractivity contribution >= 4 is 23.3 Å². The molecule has 0 saturated carbocycles. The minimum absolute atomic E-state index is 0.371. The van der Waals surface area contributed by atoms with Crippen molar-refractivity contribution in [1.82, 2.24) is 15.2 Å². The van der Waals surface area contributed by atoms with E-state index in [0.717, 1.165) is 10.7 Å². The second-order valence-electron chi connectivity index (χ2n) is 3.27. The maximum Gasteiger partial charge on any atom is 0.323 e. The molecule has 0 saturated heterocycles. The summed E-state index contributed by atoms with van der Waals surface area (Å²) in [5.41, 5.74) is 0.801. The molecule has 1 aromatic rings. The molecular weight excluding hydrogens is 230 g/mol. The summed E-state index contributed by atoms with van der Waals surface area (Å²) >= 11 is 1.51. The van der Waals surface area contributed by atoms with E-state index in [-0.39, 0.29) is 6.54 Å². The van der Waals surface area contributed by atoms with Gasteiger partial charge in [-0.25, -0.2) is 9.78 Å². The standard InChI is InChI=1S/C9H13N3O3S/c1-6-11-7(5-16-6)4-12(2)9(15)10-3-8(13)14/h5H,3-4H2,1-2H3,(H,10,15)(H,13,14). The SMILES string of the molecule is Cc1nc(CN(C)C(=O)NCC(=O)O)cs1. The lowest BCUT2D eigenvalue weighted by atomic mass is 10.4. The van der Waals surface area contributed by atoms with Crippen molar-refractivity contribution in [2.24, 2.45) is 0 Å². The molecular formula is C9H13N3O3S. The van der Waals surface area contributed by atoms with Gasteiger partial charge in [-0.2, -0.15) is 0 Å². The fourth-order valence-electron chi connectivity index (χ4n) is 1.08. The Bertz CT molecular complexity index is 391. The number of aryl methyl sites for hydroxylation is 1. The quantitative estimate of drug-likeness (QED) is 0.814. The first-order valence-electron chi connectivity index (χ1n) is 4.61. The lowest BCUT2D eigenvalue weighted by Crippen LogP contribution is -2.39. The van der Waals surface area contributed by atoms with Gasteiger partial charge < -0.3 is 15.3 Å². The predicted molar refractivity (Wildman–Crippen MR) is 59.4 cm³/mol. The van der Waals surface area contributed by atoms with E-state index in [1.165, 1.54) is 16.2 Å². The third-order valence-electron chi connectivity index (χ3n) is 1.80. The lowest BCUT2D eigenvalue weighted by Gasteiger charge is -2.15. The van der Waals surface area contributed by atoms with Gasteiger partial charge in [0.25, 0.3) is 0 Å². The monoisotopic (exact) mass is 243 g/mol. The number of aromatic nitrogens is 1. The van der Waals surface area contributed by atoms with Gasteiger partial charge in [-0.3, -0.25) is 4.79 Å². The number of carbonyl (C=O) groups excluding carboxylic acids is 1. The number of hydrogen-bond acceptors (Lipinski definition) is 4. The van der Waals surface area contributed by atoms with Crippen molar-refractivity contribution in [3.05, 3.63) is 16.1 Å². The second-order valence-corrected chi connectivity index (χ2v) is 4.33. The van der Waals surface area contributed by atoms with E-state index >= 15 is 0 Å². The van der Waals surface area contributed by atoms with Crippen molar-refractivity contribution in [1.29, 1.82) is 0 Å². The van der Waals surface area contributed by atoms with Crippen LogP contribution in [0.15, 0.2) is 5.38 Å². The number of hydrogen-bond donors (Lipinski definition) is 2. The number of aliphatic carboxylic acids is 1. The number of carboxylic acids is 1. The van der Waals surface area contributed by atoms with Gasteiger partial charge in [0.1, 0.15) is 6.54 Å². The summed E-state index contributed by atoms with van der Waals surface area (Å²) in [5.74, 6) is -1.06. The van der Waals surface area contributed by atoms with Crippen LogP contribution in [0.5, 0.6) is 0 Å². The molecule has 0 aliphatic rings. The molecule has 2 amide bonds. The number of nitrogens with zero attached hydrogens (tertiary/aromatic N) is 2. The molecule has 7 heteroatoms. The Kier molecular flexibility index (Phi) is 4.24. The average Bonchev–Trinajstić information content (AvgIpc) is 2.60. The Morgan fingerprint density at radius 2 is 2.31 bits per heavy atom. The first-order valence-corrected chi connectivity index (χ1v) is 5.48. The van der Waals surface area contributed by atoms with Crippen LogP contribution < -0.4 is 5.32 Å². The van der Waals surface area contributed by atoms with Crippen molar-refractivity contribution < 1.29 is 14.7 Å². The molecule has 0 fully saturated rings. The number of nitrogens with one attached hydrogen (secondary N) is 1. The highest BCUT2D eigenvalue weighted by Gasteiger charge is 2.11. The molecule has 0 aromatic carbocycles. The highest BCUT2D eigenvalue weighted by molar-refractivity contribution is 7.09. The molecule has 0 radical (unpaired) electrons. The minimum Gasteiger partial charge on any atom is -0.480 e. The van der Waals surface area contributed by atoms with Gasteiger partial charge in [0.05, 0.1) is 17.2 Å². The fraction of sp³-hybridized carbons (Fsp3) is 0.444. The van der Waals surface area contributed by atoms with Crippen molar-refractivity contribution in [3.8, 4) is 0 Å². The number of thiazole rings is 1. The molecule has 16 heavy (non-hydrogen) atoms. The first kappa shape index (κ1) is 12.4. The van der Waals surface area contributed by atoms with E-state index in [4.69, 9.17) is 5.11 Å². The normalized spacial score (nSPS) is 9.88. The number of urea groups is 1. The highest BCUT2D eigenvalue weighted by atomic mass is 32.1. The highest BCUT2D eigenvalue weighted by Crippen LogP contribution is 2.09. The van der Waals surface area contributed by atoms with Gasteiger partial charge >= 0.3 is 12.0 Å². The number of carboxylic acid groups (broad SMARTS) is 1. The van der Waals surface area contributed by atoms with Crippen molar-refractivity contribution in [2.45, 2.75) is 13.5 Å². The van der Waals surface area contributed by atoms with Gasteiger partial charge in [0, 0.05) is 12.4 Å². The fourth-order valence-corrected chi connectivity index (χ4v) is 1.69. The smallest absolute Gasteiger partial charge is 0.323 e. The zero-order chi connectivity index (χ0) is 12.1. The van der Waals surface area contributed by atoms with Crippen molar-refractivity contribution in [3.63, 3.8) is 0 Å². The molecule has 0 atom stereocenters. The van der Waals surface area contributed by atoms with Crippen LogP contribution in [0.3, 0.4) is 0 Å². The van der Waals surface area contributed by atoms with Crippen LogP contribution in [0.1, 0.15) is 10.7 Å². The molecule has 0 unspecified atom stereocenters. The van der Waals surface area contributed by atoms with E-state index in [9.17, 15) is 9.59 Å². The summed E-state index contributed by atoms with van der Waals surface area (Å²) < 4.78 is 0. The van der Waals surface area contributed by atoms with E-state index in [1.54, 1.807) is 7.05 Å². The average molecular weight is 243 g/mol. The number of carbonyl (C=O) groups is 2. The van der Waals surface area contributed by atoms with Gasteiger partial charge in [-0.1, -0.05) is 0 Å². The van der Waals surface area contributed by atoms with Crippen LogP contribution in [0.2, 0.25) is 0 Å². The molecule has 0 spiro atoms. The van der Waals surface area contributed by atoms with E-state index in [2.05, 4.69) is 10.3 Å². The van der Waals surface area contributed by atoms with E-state index in [1.807, 2.05) is 12.3 Å². The predicted octanol–water partition coefficient (Wildman–Crippen LogP) is 0.678. The van der Waals surface area contributed by atoms with Gasteiger partial charge in [0.2, 0.25) is 0 Å². The zero-order valence-electron chi connectivity index (χ0n) is 9.06. The largest absolute Gasteiger partial charge is 0.480 e. The first-order chi connectivity index (χ1) is 7.49. The van der Waals surface area contributed by atoms with Gasteiger partial charge in [-0.15, -0.1) is 11.3 Å². The summed E-state index contributed by atoms with van der Waals surface area (Å²) in [7, 11) is 1.59. The number of amides is 2. The van der Waals surface area contributed by atoms with Gasteiger partial charge in [-0.05, 0) is 6.92 Å². The summed E-state index contributed by atoms with van der Waals surface area (Å²) in [4.78, 5) is 27.2. The molecule has 0 bridgehead atoms. The molecule has 2 N–H and O–H groups in total. The Morgan fingerprint density at radius 3 is 2.81 bits per heavy atom. The van der Waals surface area contributed by atoms with E-state index < -0.39 is 12.0 Å². The molecule has 1 aromatic heterocycles. The Balaban J connectivity index is 2.42. The van der Waals surface area contributed by atoms with Crippen LogP contribution in [0.25, 0.3) is 0 Å². The summed E-state index contributed by atoms with van der Waals surface area (Å²) in [6.07, 6.45) is 0. The molecule has 1 heterocycles. The topological polar surface area (TPSA) is 82.5 Å². The summed E-state index contributed by atoms with van der Waals surface area (Å²) in [5, 5.41) is 13.5. The van der Waals surface area contributed by atoms with Gasteiger partial charge in [0.15, 0.2) is 0 Å². The Morgan fingerprint density at radius 1 is 1.62 bits per heavy atom. The Labute approximate surface area is 96.9 Å². The third kappa shape index (κ3) is 3.85. The summed E-state index contributed by atoms with van der Waals surface area (Å²) in [6, 6.07) is -0.423. The second kappa shape index (κ2) is 5.45. The summed E-state index contributed by atoms with van der Waals surface area (Å²) in [6.45, 7) is 1.88. The van der Waals surface area contributed by atoms with Crippen LogP contribution in [0.4, 0.5) is 4.79 Å². The maximum atomic E-state index is 11.4. The van der Waals surface area contributed by atoms with Crippen LogP contribution in [-0.2, 0) is 11.3 Å². The third-order valence-corrected chi connectivity index (χ3v) is 2.63. The maximum absolute atomic E-state index is 11.4. The molecule has 88 valence electrons. The van der Waals surface area contributed by atoms with Crippen LogP contribution >= 0.6 is 11.3 Å². The van der Waals surface area contributed by atoms with Crippen LogP contribution in [-0.4, -0.2) is 40.6 Å². The van der Waals surface area contributed by atoms with Crippen LogP contribution in [0, 0.1) is 6.92 Å². The lowest BCUT2D eigenvalue weighted by molar-refractivity contribution is -0.135. The number of rotatable bonds is 4. The Hall–Kier alpha value is -1.63. The van der Waals surface area contributed by atoms with E-state index in [0.29, 0.717) is 6.54 Å². The zero-order valence-corrected chi connectivity index (χ0v) is 9.87.